The second-order valence-electron chi connectivity index (χ2n) is 11.5. The van der Waals surface area contributed by atoms with E-state index in [1.807, 2.05) is 67.7 Å². The second kappa shape index (κ2) is 13.3. The Hall–Kier alpha value is -5.46. The Morgan fingerprint density at radius 3 is 2.72 bits per heavy atom. The van der Waals surface area contributed by atoms with Crippen LogP contribution < -0.4 is 10.6 Å². The zero-order chi connectivity index (χ0) is 32.2. The van der Waals surface area contributed by atoms with E-state index in [2.05, 4.69) is 46.8 Å². The van der Waals surface area contributed by atoms with Gasteiger partial charge in [0.25, 0.3) is 5.95 Å². The summed E-state index contributed by atoms with van der Waals surface area (Å²) in [5.41, 5.74) is 5.73. The molecule has 6 aromatic rings. The van der Waals surface area contributed by atoms with E-state index in [0.717, 1.165) is 33.2 Å². The zero-order valence-electron chi connectivity index (χ0n) is 26.2. The van der Waals surface area contributed by atoms with Gasteiger partial charge in [0.15, 0.2) is 5.65 Å². The maximum absolute atomic E-state index is 12.4. The SMILES string of the molecule is CC(C)c1cnn2c(NCc3ccccc3-c3nccc4cc(NC(=O)/C=C/CN(C)C)ccc34)nc(-n3ccc(CO)n3)nc12. The third-order valence-electron chi connectivity index (χ3n) is 7.50. The summed E-state index contributed by atoms with van der Waals surface area (Å²) in [6, 6.07) is 17.6. The number of hydrogen-bond donors (Lipinski definition) is 3. The highest BCUT2D eigenvalue weighted by molar-refractivity contribution is 6.02. The lowest BCUT2D eigenvalue weighted by molar-refractivity contribution is -0.111. The summed E-state index contributed by atoms with van der Waals surface area (Å²) in [7, 11) is 3.91. The molecular weight excluding hydrogens is 580 g/mol. The topological polar surface area (TPSA) is 138 Å². The van der Waals surface area contributed by atoms with Crippen LogP contribution in [0.4, 0.5) is 11.6 Å². The summed E-state index contributed by atoms with van der Waals surface area (Å²) in [4.78, 5) is 28.7. The maximum atomic E-state index is 12.4. The van der Waals surface area contributed by atoms with Gasteiger partial charge in [0.2, 0.25) is 11.9 Å². The van der Waals surface area contributed by atoms with Crippen molar-refractivity contribution < 1.29 is 9.90 Å². The van der Waals surface area contributed by atoms with E-state index in [0.29, 0.717) is 42.0 Å². The number of benzene rings is 2. The van der Waals surface area contributed by atoms with Crippen molar-refractivity contribution in [3.63, 3.8) is 0 Å². The number of aliphatic hydroxyl groups excluding tert-OH is 1. The predicted octanol–water partition coefficient (Wildman–Crippen LogP) is 4.81. The number of aliphatic hydroxyl groups is 1. The smallest absolute Gasteiger partial charge is 0.255 e. The zero-order valence-corrected chi connectivity index (χ0v) is 26.2. The molecule has 0 aliphatic carbocycles. The minimum absolute atomic E-state index is 0.173. The fraction of sp³-hybridized carbons (Fsp3) is 0.235. The van der Waals surface area contributed by atoms with Gasteiger partial charge in [-0.25, -0.2) is 4.68 Å². The maximum Gasteiger partial charge on any atom is 0.255 e. The average molecular weight is 617 g/mol. The van der Waals surface area contributed by atoms with E-state index >= 15 is 0 Å². The molecule has 6 rings (SSSR count). The summed E-state index contributed by atoms with van der Waals surface area (Å²) in [5.74, 6) is 0.907. The van der Waals surface area contributed by atoms with E-state index in [1.165, 1.54) is 0 Å². The highest BCUT2D eigenvalue weighted by Gasteiger charge is 2.18. The number of fused-ring (bicyclic) bond motifs is 2. The molecule has 0 radical (unpaired) electrons. The molecule has 0 fully saturated rings. The predicted molar refractivity (Wildman–Crippen MR) is 179 cm³/mol. The minimum atomic E-state index is -0.173. The molecule has 0 saturated carbocycles. The van der Waals surface area contributed by atoms with Crippen LogP contribution in [-0.2, 0) is 17.9 Å². The number of nitrogens with zero attached hydrogens (tertiary/aromatic N) is 8. The molecule has 12 heteroatoms. The molecule has 1 amide bonds. The molecule has 0 aliphatic rings. The van der Waals surface area contributed by atoms with Gasteiger partial charge in [-0.05, 0) is 55.2 Å². The molecule has 4 heterocycles. The number of aromatic nitrogens is 7. The van der Waals surface area contributed by atoms with Gasteiger partial charge in [-0.15, -0.1) is 0 Å². The Kier molecular flexibility index (Phi) is 8.81. The number of amides is 1. The van der Waals surface area contributed by atoms with E-state index in [1.54, 1.807) is 33.7 Å². The fourth-order valence-electron chi connectivity index (χ4n) is 5.17. The lowest BCUT2D eigenvalue weighted by Crippen LogP contribution is -2.13. The number of rotatable bonds is 11. The van der Waals surface area contributed by atoms with Crippen molar-refractivity contribution in [2.75, 3.05) is 31.3 Å². The molecule has 0 aliphatic heterocycles. The highest BCUT2D eigenvalue weighted by atomic mass is 16.3. The molecule has 4 aromatic heterocycles. The Balaban J connectivity index is 1.30. The lowest BCUT2D eigenvalue weighted by atomic mass is 9.99. The molecule has 0 spiro atoms. The van der Waals surface area contributed by atoms with Crippen molar-refractivity contribution >= 4 is 34.0 Å². The van der Waals surface area contributed by atoms with Gasteiger partial charge in [-0.2, -0.15) is 24.7 Å². The van der Waals surface area contributed by atoms with Crippen LogP contribution in [0.25, 0.3) is 33.6 Å². The summed E-state index contributed by atoms with van der Waals surface area (Å²) in [6.45, 7) is 5.14. The quantitative estimate of drug-likeness (QED) is 0.175. The van der Waals surface area contributed by atoms with Gasteiger partial charge < -0.3 is 20.6 Å². The molecule has 46 heavy (non-hydrogen) atoms. The van der Waals surface area contributed by atoms with Gasteiger partial charge in [0.05, 0.1) is 24.2 Å². The molecule has 12 nitrogen and oxygen atoms in total. The number of carbonyl (C=O) groups is 1. The Labute approximate surface area is 266 Å². The van der Waals surface area contributed by atoms with Crippen molar-refractivity contribution in [1.82, 2.24) is 39.2 Å². The molecule has 2 aromatic carbocycles. The third kappa shape index (κ3) is 6.48. The van der Waals surface area contributed by atoms with Crippen LogP contribution in [0.15, 0.2) is 85.3 Å². The van der Waals surface area contributed by atoms with Crippen LogP contribution in [0.2, 0.25) is 0 Å². The van der Waals surface area contributed by atoms with Crippen LogP contribution in [0.3, 0.4) is 0 Å². The highest BCUT2D eigenvalue weighted by Crippen LogP contribution is 2.31. The van der Waals surface area contributed by atoms with Gasteiger partial charge in [0, 0.05) is 53.8 Å². The molecular formula is C34H36N10O2. The summed E-state index contributed by atoms with van der Waals surface area (Å²) < 4.78 is 3.26. The first-order valence-corrected chi connectivity index (χ1v) is 15.1. The minimum Gasteiger partial charge on any atom is -0.390 e. The first kappa shape index (κ1) is 30.6. The monoisotopic (exact) mass is 616 g/mol. The molecule has 234 valence electrons. The van der Waals surface area contributed by atoms with Crippen LogP contribution >= 0.6 is 0 Å². The summed E-state index contributed by atoms with van der Waals surface area (Å²) in [6.07, 6.45) is 8.71. The number of pyridine rings is 1. The van der Waals surface area contributed by atoms with E-state index < -0.39 is 0 Å². The summed E-state index contributed by atoms with van der Waals surface area (Å²) >= 11 is 0. The van der Waals surface area contributed by atoms with Gasteiger partial charge in [-0.1, -0.05) is 50.3 Å². The molecule has 0 saturated heterocycles. The number of anilines is 2. The number of nitrogens with one attached hydrogen (secondary N) is 2. The van der Waals surface area contributed by atoms with Crippen LogP contribution in [0.5, 0.6) is 0 Å². The summed E-state index contributed by atoms with van der Waals surface area (Å²) in [5, 5.41) is 26.9. The van der Waals surface area contributed by atoms with Crippen molar-refractivity contribution in [3.8, 4) is 17.2 Å². The van der Waals surface area contributed by atoms with Gasteiger partial charge >= 0.3 is 0 Å². The third-order valence-corrected chi connectivity index (χ3v) is 7.50. The lowest BCUT2D eigenvalue weighted by Gasteiger charge is -2.14. The number of hydrogen-bond acceptors (Lipinski definition) is 9. The van der Waals surface area contributed by atoms with Crippen molar-refractivity contribution in [2.24, 2.45) is 0 Å². The van der Waals surface area contributed by atoms with Crippen molar-refractivity contribution in [3.05, 3.63) is 102 Å². The molecule has 3 N–H and O–H groups in total. The Morgan fingerprint density at radius 1 is 1.09 bits per heavy atom. The average Bonchev–Trinajstić information content (AvgIpc) is 3.71. The van der Waals surface area contributed by atoms with E-state index in [9.17, 15) is 9.90 Å². The second-order valence-corrected chi connectivity index (χ2v) is 11.5. The van der Waals surface area contributed by atoms with E-state index in [-0.39, 0.29) is 18.4 Å². The molecule has 0 atom stereocenters. The number of likely N-dealkylation sites (N-methyl/N-ethyl adjacent to an activating group) is 1. The van der Waals surface area contributed by atoms with Gasteiger partial charge in [-0.3, -0.25) is 9.78 Å². The number of carbonyl (C=O) groups excluding carboxylic acids is 1. The first-order valence-electron chi connectivity index (χ1n) is 15.1. The first-order chi connectivity index (χ1) is 22.3. The fourth-order valence-corrected chi connectivity index (χ4v) is 5.17. The molecule has 0 unspecified atom stereocenters. The van der Waals surface area contributed by atoms with Crippen molar-refractivity contribution in [1.29, 1.82) is 0 Å². The standard InChI is InChI=1S/C34H36N10O2/c1-22(2)29-20-37-44-32(29)39-34(43-17-14-26(21-45)41-43)40-33(44)36-19-24-8-5-6-9-27(24)31-28-12-11-25(18-23(28)13-15-35-31)38-30(46)10-7-16-42(3)4/h5-15,17-18,20,22,45H,16,19,21H2,1-4H3,(H,38,46)(H,36,39,40)/b10-7+. The molecule has 0 bridgehead atoms. The van der Waals surface area contributed by atoms with E-state index in [4.69, 9.17) is 15.0 Å². The van der Waals surface area contributed by atoms with Crippen LogP contribution in [0, 0.1) is 0 Å². The van der Waals surface area contributed by atoms with Gasteiger partial charge in [0.1, 0.15) is 0 Å². The Morgan fingerprint density at radius 2 is 1.93 bits per heavy atom. The largest absolute Gasteiger partial charge is 0.390 e. The Bertz CT molecular complexity index is 2040. The van der Waals surface area contributed by atoms with Crippen LogP contribution in [-0.4, -0.2) is 70.9 Å². The van der Waals surface area contributed by atoms with Crippen molar-refractivity contribution in [2.45, 2.75) is 32.9 Å². The normalized spacial score (nSPS) is 11.8. The van der Waals surface area contributed by atoms with Crippen LogP contribution in [0.1, 0.15) is 36.6 Å².